The molecule has 0 radical (unpaired) electrons. The van der Waals surface area contributed by atoms with Crippen molar-refractivity contribution in [3.63, 3.8) is 0 Å². The van der Waals surface area contributed by atoms with Crippen LogP contribution in [0, 0.1) is 13.8 Å². The van der Waals surface area contributed by atoms with Crippen molar-refractivity contribution in [3.05, 3.63) is 52.6 Å². The molecule has 0 aliphatic carbocycles. The molecule has 2 aromatic rings. The lowest BCUT2D eigenvalue weighted by atomic mass is 9.92. The maximum atomic E-state index is 12.4. The van der Waals surface area contributed by atoms with Gasteiger partial charge in [0, 0.05) is 5.69 Å². The summed E-state index contributed by atoms with van der Waals surface area (Å²) < 4.78 is 11.3. The van der Waals surface area contributed by atoms with E-state index < -0.39 is 0 Å². The van der Waals surface area contributed by atoms with Crippen molar-refractivity contribution >= 4 is 11.5 Å². The smallest absolute Gasteiger partial charge is 0.170 e. The molecule has 4 nitrogen and oxygen atoms in total. The van der Waals surface area contributed by atoms with Gasteiger partial charge in [0.2, 0.25) is 0 Å². The molecule has 1 atom stereocenters. The number of hydrogen-bond acceptors (Lipinski definition) is 4. The molecule has 0 fully saturated rings. The van der Waals surface area contributed by atoms with Crippen LogP contribution in [-0.4, -0.2) is 12.9 Å². The predicted octanol–water partition coefficient (Wildman–Crippen LogP) is 3.60. The van der Waals surface area contributed by atoms with Crippen molar-refractivity contribution in [2.45, 2.75) is 26.4 Å². The topological polar surface area (TPSA) is 61.5 Å². The summed E-state index contributed by atoms with van der Waals surface area (Å²) in [5.41, 5.74) is 10.0. The first-order valence-corrected chi connectivity index (χ1v) is 7.24. The SMILES string of the molecule is COc1ccc(C2CC(=O)c3cc(N)c(C)c(C)c3O2)cc1. The average Bonchev–Trinajstić information content (AvgIpc) is 2.54. The molecular formula is C18H19NO3. The van der Waals surface area contributed by atoms with Crippen molar-refractivity contribution in [1.82, 2.24) is 0 Å². The van der Waals surface area contributed by atoms with Crippen LogP contribution < -0.4 is 15.2 Å². The largest absolute Gasteiger partial charge is 0.497 e. The van der Waals surface area contributed by atoms with Gasteiger partial charge in [0.15, 0.2) is 5.78 Å². The summed E-state index contributed by atoms with van der Waals surface area (Å²) in [6.07, 6.45) is 0.0500. The molecule has 0 amide bonds. The quantitative estimate of drug-likeness (QED) is 0.860. The summed E-state index contributed by atoms with van der Waals surface area (Å²) in [6, 6.07) is 9.34. The minimum atomic E-state index is -0.271. The number of rotatable bonds is 2. The summed E-state index contributed by atoms with van der Waals surface area (Å²) in [5.74, 6) is 1.51. The molecule has 2 N–H and O–H groups in total. The third-order valence-electron chi connectivity index (χ3n) is 4.30. The molecule has 0 saturated heterocycles. The standard InChI is InChI=1S/C18H19NO3/c1-10-11(2)18-14(8-15(10)19)16(20)9-17(22-18)12-4-6-13(21-3)7-5-12/h4-8,17H,9,19H2,1-3H3. The highest BCUT2D eigenvalue weighted by molar-refractivity contribution is 6.01. The first-order chi connectivity index (χ1) is 10.5. The highest BCUT2D eigenvalue weighted by Crippen LogP contribution is 2.40. The van der Waals surface area contributed by atoms with Gasteiger partial charge in [-0.1, -0.05) is 12.1 Å². The number of ketones is 1. The van der Waals surface area contributed by atoms with E-state index in [2.05, 4.69) is 0 Å². The molecule has 1 aliphatic heterocycles. The molecule has 0 saturated carbocycles. The molecule has 0 aromatic heterocycles. The fourth-order valence-corrected chi connectivity index (χ4v) is 2.74. The van der Waals surface area contributed by atoms with Crippen LogP contribution in [0.2, 0.25) is 0 Å². The van der Waals surface area contributed by atoms with Gasteiger partial charge in [0.05, 0.1) is 19.1 Å². The van der Waals surface area contributed by atoms with Crippen LogP contribution in [0.1, 0.15) is 39.6 Å². The van der Waals surface area contributed by atoms with Crippen LogP contribution in [0.5, 0.6) is 11.5 Å². The van der Waals surface area contributed by atoms with Gasteiger partial charge in [-0.05, 0) is 48.7 Å². The average molecular weight is 297 g/mol. The molecule has 4 heteroatoms. The van der Waals surface area contributed by atoms with Gasteiger partial charge in [-0.2, -0.15) is 0 Å². The number of benzene rings is 2. The molecule has 114 valence electrons. The van der Waals surface area contributed by atoms with Gasteiger partial charge < -0.3 is 15.2 Å². The van der Waals surface area contributed by atoms with Crippen molar-refractivity contribution in [1.29, 1.82) is 0 Å². The van der Waals surface area contributed by atoms with E-state index in [0.717, 1.165) is 22.4 Å². The second-order valence-corrected chi connectivity index (χ2v) is 5.60. The molecule has 1 unspecified atom stereocenters. The normalized spacial score (nSPS) is 16.9. The maximum absolute atomic E-state index is 12.4. The number of carbonyl (C=O) groups excluding carboxylic acids is 1. The number of hydrogen-bond donors (Lipinski definition) is 1. The Morgan fingerprint density at radius 3 is 2.50 bits per heavy atom. The minimum Gasteiger partial charge on any atom is -0.497 e. The van der Waals surface area contributed by atoms with Gasteiger partial charge in [-0.3, -0.25) is 4.79 Å². The molecule has 0 spiro atoms. The zero-order valence-corrected chi connectivity index (χ0v) is 13.0. The Hall–Kier alpha value is -2.49. The van der Waals surface area contributed by atoms with Crippen LogP contribution in [0.15, 0.2) is 30.3 Å². The molecule has 1 aliphatic rings. The van der Waals surface area contributed by atoms with Gasteiger partial charge >= 0.3 is 0 Å². The second kappa shape index (κ2) is 5.37. The summed E-state index contributed by atoms with van der Waals surface area (Å²) in [7, 11) is 1.63. The summed E-state index contributed by atoms with van der Waals surface area (Å²) >= 11 is 0. The number of anilines is 1. The zero-order valence-electron chi connectivity index (χ0n) is 13.0. The van der Waals surface area contributed by atoms with Crippen LogP contribution in [0.3, 0.4) is 0 Å². The minimum absolute atomic E-state index is 0.0665. The van der Waals surface area contributed by atoms with Crippen LogP contribution in [0.25, 0.3) is 0 Å². The van der Waals surface area contributed by atoms with Crippen molar-refractivity contribution in [3.8, 4) is 11.5 Å². The molecule has 1 heterocycles. The number of fused-ring (bicyclic) bond motifs is 1. The van der Waals surface area contributed by atoms with E-state index in [9.17, 15) is 4.79 Å². The molecule has 0 bridgehead atoms. The third kappa shape index (κ3) is 2.30. The van der Waals surface area contributed by atoms with Crippen LogP contribution in [0.4, 0.5) is 5.69 Å². The van der Waals surface area contributed by atoms with Crippen molar-refractivity contribution in [2.75, 3.05) is 12.8 Å². The van der Waals surface area contributed by atoms with Gasteiger partial charge in [-0.15, -0.1) is 0 Å². The Balaban J connectivity index is 1.99. The van der Waals surface area contributed by atoms with E-state index in [1.807, 2.05) is 38.1 Å². The lowest BCUT2D eigenvalue weighted by Gasteiger charge is -2.28. The van der Waals surface area contributed by atoms with Crippen molar-refractivity contribution in [2.24, 2.45) is 0 Å². The summed E-state index contributed by atoms with van der Waals surface area (Å²) in [4.78, 5) is 12.4. The second-order valence-electron chi connectivity index (χ2n) is 5.60. The monoisotopic (exact) mass is 297 g/mol. The van der Waals surface area contributed by atoms with Gasteiger partial charge in [0.1, 0.15) is 17.6 Å². The highest BCUT2D eigenvalue weighted by atomic mass is 16.5. The first kappa shape index (κ1) is 14.4. The fraction of sp³-hybridized carbons (Fsp3) is 0.278. The Labute approximate surface area is 129 Å². The fourth-order valence-electron chi connectivity index (χ4n) is 2.74. The van der Waals surface area contributed by atoms with E-state index in [4.69, 9.17) is 15.2 Å². The zero-order chi connectivity index (χ0) is 15.9. The number of nitrogen functional groups attached to an aromatic ring is 1. The summed E-state index contributed by atoms with van der Waals surface area (Å²) in [5, 5.41) is 0. The van der Waals surface area contributed by atoms with E-state index in [0.29, 0.717) is 23.4 Å². The lowest BCUT2D eigenvalue weighted by molar-refractivity contribution is 0.0848. The van der Waals surface area contributed by atoms with E-state index in [-0.39, 0.29) is 11.9 Å². The van der Waals surface area contributed by atoms with E-state index in [1.54, 1.807) is 13.2 Å². The number of Topliss-reactive ketones (excluding diaryl/α,β-unsaturated/α-hetero) is 1. The number of carbonyl (C=O) groups is 1. The van der Waals surface area contributed by atoms with Crippen LogP contribution in [-0.2, 0) is 0 Å². The van der Waals surface area contributed by atoms with Crippen molar-refractivity contribution < 1.29 is 14.3 Å². The van der Waals surface area contributed by atoms with Crippen LogP contribution >= 0.6 is 0 Å². The number of ether oxygens (including phenoxy) is 2. The van der Waals surface area contributed by atoms with E-state index >= 15 is 0 Å². The number of nitrogens with two attached hydrogens (primary N) is 1. The predicted molar refractivity (Wildman–Crippen MR) is 85.6 cm³/mol. The Bertz CT molecular complexity index is 735. The first-order valence-electron chi connectivity index (χ1n) is 7.24. The number of methoxy groups -OCH3 is 1. The molecule has 22 heavy (non-hydrogen) atoms. The maximum Gasteiger partial charge on any atom is 0.170 e. The molecule has 2 aromatic carbocycles. The molecule has 3 rings (SSSR count). The Morgan fingerprint density at radius 1 is 1.18 bits per heavy atom. The highest BCUT2D eigenvalue weighted by Gasteiger charge is 2.30. The summed E-state index contributed by atoms with van der Waals surface area (Å²) in [6.45, 7) is 3.88. The van der Waals surface area contributed by atoms with Gasteiger partial charge in [-0.25, -0.2) is 0 Å². The third-order valence-corrected chi connectivity index (χ3v) is 4.30. The van der Waals surface area contributed by atoms with Gasteiger partial charge in [0.25, 0.3) is 0 Å². The Morgan fingerprint density at radius 2 is 1.86 bits per heavy atom. The lowest BCUT2D eigenvalue weighted by Crippen LogP contribution is -2.21. The Kier molecular flexibility index (Phi) is 3.53. The van der Waals surface area contributed by atoms with E-state index in [1.165, 1.54) is 0 Å². The molecular weight excluding hydrogens is 278 g/mol.